The molecule has 11 heavy (non-hydrogen) atoms. The summed E-state index contributed by atoms with van der Waals surface area (Å²) in [5.74, 6) is 2.65. The molecule has 0 aliphatic heterocycles. The van der Waals surface area contributed by atoms with E-state index in [1.807, 2.05) is 0 Å². The molecular weight excluding hydrogens is 134 g/mol. The molecule has 0 aromatic heterocycles. The Balaban J connectivity index is 2.75. The molecule has 1 N–H and O–H groups in total. The molecule has 0 bridgehead atoms. The van der Waals surface area contributed by atoms with Crippen molar-refractivity contribution in [2.75, 3.05) is 13.1 Å². The van der Waals surface area contributed by atoms with Crippen LogP contribution in [0.15, 0.2) is 0 Å². The molecule has 64 valence electrons. The van der Waals surface area contributed by atoms with Gasteiger partial charge in [0.25, 0.3) is 0 Å². The summed E-state index contributed by atoms with van der Waals surface area (Å²) in [6.45, 7) is 4.38. The molecule has 0 amide bonds. The molecule has 0 aliphatic rings. The van der Waals surface area contributed by atoms with Gasteiger partial charge in [0.2, 0.25) is 0 Å². The van der Waals surface area contributed by atoms with Crippen molar-refractivity contribution in [2.45, 2.75) is 39.0 Å². The maximum absolute atomic E-state index is 5.13. The highest BCUT2D eigenvalue weighted by Crippen LogP contribution is 2.00. The predicted octanol–water partition coefficient (Wildman–Crippen LogP) is 2.18. The molecule has 0 heterocycles. The van der Waals surface area contributed by atoms with Gasteiger partial charge in [-0.2, -0.15) is 0 Å². The van der Waals surface area contributed by atoms with Crippen LogP contribution in [0.2, 0.25) is 0 Å². The molecule has 0 saturated carbocycles. The van der Waals surface area contributed by atoms with Crippen molar-refractivity contribution in [1.29, 1.82) is 0 Å². The van der Waals surface area contributed by atoms with E-state index in [1.54, 1.807) is 0 Å². The summed E-state index contributed by atoms with van der Waals surface area (Å²) in [7, 11) is 0. The second-order valence-electron chi connectivity index (χ2n) is 2.72. The number of rotatable bonds is 7. The van der Waals surface area contributed by atoms with Crippen LogP contribution < -0.4 is 5.32 Å². The monoisotopic (exact) mass is 153 g/mol. The van der Waals surface area contributed by atoms with Crippen molar-refractivity contribution >= 4 is 0 Å². The molecule has 0 aliphatic carbocycles. The zero-order chi connectivity index (χ0) is 8.36. The van der Waals surface area contributed by atoms with Crippen molar-refractivity contribution in [3.8, 4) is 12.3 Å². The Morgan fingerprint density at radius 3 is 2.55 bits per heavy atom. The Bertz CT molecular complexity index is 102. The van der Waals surface area contributed by atoms with Gasteiger partial charge in [-0.3, -0.25) is 0 Å². The van der Waals surface area contributed by atoms with E-state index in [-0.39, 0.29) is 0 Å². The van der Waals surface area contributed by atoms with E-state index in [2.05, 4.69) is 18.2 Å². The first-order chi connectivity index (χ1) is 5.41. The summed E-state index contributed by atoms with van der Waals surface area (Å²) >= 11 is 0. The summed E-state index contributed by atoms with van der Waals surface area (Å²) in [5, 5.41) is 3.30. The van der Waals surface area contributed by atoms with Gasteiger partial charge in [-0.05, 0) is 25.9 Å². The molecule has 0 unspecified atom stereocenters. The first-order valence-electron chi connectivity index (χ1n) is 4.56. The molecule has 0 spiro atoms. The first-order valence-corrected chi connectivity index (χ1v) is 4.56. The van der Waals surface area contributed by atoms with Crippen LogP contribution in [0.4, 0.5) is 0 Å². The van der Waals surface area contributed by atoms with E-state index in [9.17, 15) is 0 Å². The lowest BCUT2D eigenvalue weighted by molar-refractivity contribution is 0.603. The molecule has 0 aromatic rings. The molecular formula is C10H19N. The van der Waals surface area contributed by atoms with Crippen LogP contribution in [-0.2, 0) is 0 Å². The highest BCUT2D eigenvalue weighted by molar-refractivity contribution is 4.82. The highest BCUT2D eigenvalue weighted by Gasteiger charge is 1.87. The van der Waals surface area contributed by atoms with E-state index < -0.39 is 0 Å². The molecule has 0 fully saturated rings. The second-order valence-corrected chi connectivity index (χ2v) is 2.72. The summed E-state index contributed by atoms with van der Waals surface area (Å²) in [6.07, 6.45) is 11.2. The fourth-order valence-electron chi connectivity index (χ4n) is 1.01. The third-order valence-corrected chi connectivity index (χ3v) is 1.67. The van der Waals surface area contributed by atoms with Gasteiger partial charge >= 0.3 is 0 Å². The summed E-state index contributed by atoms with van der Waals surface area (Å²) < 4.78 is 0. The Morgan fingerprint density at radius 2 is 1.91 bits per heavy atom. The molecule has 0 saturated heterocycles. The van der Waals surface area contributed by atoms with Crippen molar-refractivity contribution in [1.82, 2.24) is 5.32 Å². The molecule has 1 nitrogen and oxygen atoms in total. The highest BCUT2D eigenvalue weighted by atomic mass is 14.8. The summed E-state index contributed by atoms with van der Waals surface area (Å²) in [6, 6.07) is 0. The van der Waals surface area contributed by atoms with Crippen LogP contribution in [0, 0.1) is 12.3 Å². The molecule has 0 aromatic carbocycles. The minimum atomic E-state index is 0.946. The Kier molecular flexibility index (Phi) is 9.10. The lowest BCUT2D eigenvalue weighted by Crippen LogP contribution is -2.13. The summed E-state index contributed by atoms with van der Waals surface area (Å²) in [4.78, 5) is 0. The number of nitrogens with one attached hydrogen (secondary N) is 1. The minimum absolute atomic E-state index is 0.946. The fourth-order valence-corrected chi connectivity index (χ4v) is 1.01. The standard InChI is InChI=1S/C10H19N/c1-3-5-6-7-8-9-10-11-4-2/h1,11H,4-10H2,2H3. The quantitative estimate of drug-likeness (QED) is 0.436. The van der Waals surface area contributed by atoms with E-state index in [1.165, 1.54) is 25.7 Å². The van der Waals surface area contributed by atoms with Crippen LogP contribution in [0.5, 0.6) is 0 Å². The van der Waals surface area contributed by atoms with E-state index >= 15 is 0 Å². The lowest BCUT2D eigenvalue weighted by atomic mass is 10.1. The van der Waals surface area contributed by atoms with Crippen LogP contribution in [0.1, 0.15) is 39.0 Å². The van der Waals surface area contributed by atoms with E-state index in [4.69, 9.17) is 6.42 Å². The third kappa shape index (κ3) is 9.52. The maximum atomic E-state index is 5.13. The Labute approximate surface area is 70.6 Å². The third-order valence-electron chi connectivity index (χ3n) is 1.67. The summed E-state index contributed by atoms with van der Waals surface area (Å²) in [5.41, 5.74) is 0. The number of hydrogen-bond donors (Lipinski definition) is 1. The van der Waals surface area contributed by atoms with Crippen LogP contribution >= 0.6 is 0 Å². The van der Waals surface area contributed by atoms with Gasteiger partial charge in [0.15, 0.2) is 0 Å². The van der Waals surface area contributed by atoms with Crippen molar-refractivity contribution in [2.24, 2.45) is 0 Å². The zero-order valence-electron chi connectivity index (χ0n) is 7.53. The minimum Gasteiger partial charge on any atom is -0.317 e. The molecule has 0 atom stereocenters. The molecule has 0 radical (unpaired) electrons. The maximum Gasteiger partial charge on any atom is 0.00860 e. The van der Waals surface area contributed by atoms with E-state index in [0.717, 1.165) is 19.5 Å². The van der Waals surface area contributed by atoms with Crippen LogP contribution in [0.25, 0.3) is 0 Å². The number of hydrogen-bond acceptors (Lipinski definition) is 1. The van der Waals surface area contributed by atoms with Gasteiger partial charge in [-0.25, -0.2) is 0 Å². The fraction of sp³-hybridized carbons (Fsp3) is 0.800. The van der Waals surface area contributed by atoms with Gasteiger partial charge in [0.1, 0.15) is 0 Å². The topological polar surface area (TPSA) is 12.0 Å². The van der Waals surface area contributed by atoms with Crippen LogP contribution in [0.3, 0.4) is 0 Å². The first kappa shape index (κ1) is 10.5. The van der Waals surface area contributed by atoms with Gasteiger partial charge in [-0.1, -0.05) is 19.8 Å². The van der Waals surface area contributed by atoms with Gasteiger partial charge in [0.05, 0.1) is 0 Å². The average Bonchev–Trinajstić information content (AvgIpc) is 2.03. The van der Waals surface area contributed by atoms with Crippen LogP contribution in [-0.4, -0.2) is 13.1 Å². The smallest absolute Gasteiger partial charge is 0.00860 e. The zero-order valence-corrected chi connectivity index (χ0v) is 7.53. The van der Waals surface area contributed by atoms with E-state index in [0.29, 0.717) is 0 Å². The predicted molar refractivity (Wildman–Crippen MR) is 50.5 cm³/mol. The molecule has 1 heteroatoms. The molecule has 0 rings (SSSR count). The largest absolute Gasteiger partial charge is 0.317 e. The van der Waals surface area contributed by atoms with Crippen molar-refractivity contribution in [3.63, 3.8) is 0 Å². The lowest BCUT2D eigenvalue weighted by Gasteiger charge is -1.99. The van der Waals surface area contributed by atoms with Crippen molar-refractivity contribution in [3.05, 3.63) is 0 Å². The number of unbranched alkanes of at least 4 members (excludes halogenated alkanes) is 4. The van der Waals surface area contributed by atoms with Gasteiger partial charge in [0, 0.05) is 6.42 Å². The number of terminal acetylenes is 1. The Hall–Kier alpha value is -0.480. The SMILES string of the molecule is C#CCCCCCCNCC. The van der Waals surface area contributed by atoms with Crippen molar-refractivity contribution < 1.29 is 0 Å². The normalized spacial score (nSPS) is 9.45. The van der Waals surface area contributed by atoms with Gasteiger partial charge in [-0.15, -0.1) is 12.3 Å². The Morgan fingerprint density at radius 1 is 1.18 bits per heavy atom. The average molecular weight is 153 g/mol. The van der Waals surface area contributed by atoms with Gasteiger partial charge < -0.3 is 5.32 Å². The second kappa shape index (κ2) is 9.52.